The van der Waals surface area contributed by atoms with Crippen molar-refractivity contribution in [3.8, 4) is 5.75 Å². The lowest BCUT2D eigenvalue weighted by atomic mass is 10.2. The van der Waals surface area contributed by atoms with E-state index in [-0.39, 0.29) is 5.90 Å². The Kier molecular flexibility index (Phi) is 5.20. The van der Waals surface area contributed by atoms with E-state index < -0.39 is 5.97 Å². The number of nitrogens with zero attached hydrogens (tertiary/aromatic N) is 1. The van der Waals surface area contributed by atoms with Gasteiger partial charge in [0.25, 0.3) is 0 Å². The van der Waals surface area contributed by atoms with Gasteiger partial charge in [0, 0.05) is 3.57 Å². The quantitative estimate of drug-likeness (QED) is 0.270. The molecule has 0 aliphatic carbocycles. The second-order valence-electron chi connectivity index (χ2n) is 3.08. The molecule has 0 aliphatic rings. The Morgan fingerprint density at radius 2 is 2.06 bits per heavy atom. The van der Waals surface area contributed by atoms with Gasteiger partial charge >= 0.3 is 11.9 Å². The molecule has 0 saturated carbocycles. The van der Waals surface area contributed by atoms with Gasteiger partial charge in [-0.05, 0) is 52.4 Å². The number of oxime groups is 1. The number of carbonyl (C=O) groups is 1. The fraction of sp³-hybridized carbons (Fsp3) is 0.273. The first-order valence-electron chi connectivity index (χ1n) is 4.72. The smallest absolute Gasteiger partial charge is 0.397 e. The maximum Gasteiger partial charge on any atom is 0.397 e. The van der Waals surface area contributed by atoms with Crippen molar-refractivity contribution in [2.75, 3.05) is 14.2 Å². The van der Waals surface area contributed by atoms with Crippen LogP contribution in [0, 0.1) is 10.5 Å². The molecular weight excluding hydrogens is 337 g/mol. The Morgan fingerprint density at radius 3 is 2.65 bits per heavy atom. The van der Waals surface area contributed by atoms with Crippen LogP contribution in [0.4, 0.5) is 0 Å². The summed E-state index contributed by atoms with van der Waals surface area (Å²) in [5, 5.41) is 3.48. The molecule has 0 bridgehead atoms. The number of methoxy groups -OCH3 is 1. The van der Waals surface area contributed by atoms with Gasteiger partial charge in [-0.2, -0.15) is 0 Å². The third-order valence-electron chi connectivity index (χ3n) is 1.89. The predicted octanol–water partition coefficient (Wildman–Crippen LogP) is 2.11. The summed E-state index contributed by atoms with van der Waals surface area (Å²) in [6.07, 6.45) is 0. The number of halogens is 1. The van der Waals surface area contributed by atoms with E-state index in [0.717, 1.165) is 9.13 Å². The Labute approximate surface area is 113 Å². The summed E-state index contributed by atoms with van der Waals surface area (Å²) in [6.45, 7) is 1.87. The van der Waals surface area contributed by atoms with Crippen LogP contribution in [0.3, 0.4) is 0 Å². The van der Waals surface area contributed by atoms with Crippen molar-refractivity contribution in [1.29, 1.82) is 0 Å². The van der Waals surface area contributed by atoms with Gasteiger partial charge in [-0.15, -0.1) is 0 Å². The van der Waals surface area contributed by atoms with E-state index in [9.17, 15) is 4.79 Å². The molecule has 0 N–H and O–H groups in total. The second-order valence-corrected chi connectivity index (χ2v) is 4.33. The van der Waals surface area contributed by atoms with Crippen molar-refractivity contribution < 1.29 is 19.1 Å². The monoisotopic (exact) mass is 349 g/mol. The van der Waals surface area contributed by atoms with Crippen molar-refractivity contribution in [2.24, 2.45) is 5.16 Å². The minimum Gasteiger partial charge on any atom is -0.462 e. The third-order valence-corrected chi connectivity index (χ3v) is 2.56. The number of ether oxygens (including phenoxy) is 2. The first-order chi connectivity index (χ1) is 8.08. The van der Waals surface area contributed by atoms with Gasteiger partial charge in [0.15, 0.2) is 0 Å². The summed E-state index contributed by atoms with van der Waals surface area (Å²) in [5.41, 5.74) is 0.887. The van der Waals surface area contributed by atoms with Crippen molar-refractivity contribution in [2.45, 2.75) is 6.92 Å². The fourth-order valence-corrected chi connectivity index (χ4v) is 1.52. The van der Waals surface area contributed by atoms with Crippen molar-refractivity contribution in [3.05, 3.63) is 27.3 Å². The third kappa shape index (κ3) is 3.88. The average molecular weight is 349 g/mol. The number of carbonyl (C=O) groups excluding carboxylic acids is 1. The minimum absolute atomic E-state index is 0.236. The molecule has 0 atom stereocenters. The van der Waals surface area contributed by atoms with Gasteiger partial charge in [-0.25, -0.2) is 4.79 Å². The molecule has 0 heterocycles. The summed E-state index contributed by atoms with van der Waals surface area (Å²) >= 11 is 2.15. The fourth-order valence-electron chi connectivity index (χ4n) is 1.06. The van der Waals surface area contributed by atoms with Gasteiger partial charge in [-0.3, -0.25) is 0 Å². The zero-order valence-corrected chi connectivity index (χ0v) is 11.8. The Balaban J connectivity index is 2.97. The molecule has 0 unspecified atom stereocenters. The number of benzene rings is 1. The van der Waals surface area contributed by atoms with Crippen LogP contribution in [0.2, 0.25) is 0 Å². The van der Waals surface area contributed by atoms with Crippen LogP contribution in [0.1, 0.15) is 5.56 Å². The Morgan fingerprint density at radius 1 is 1.35 bits per heavy atom. The highest BCUT2D eigenvalue weighted by Crippen LogP contribution is 2.21. The normalized spacial score (nSPS) is 10.9. The second kappa shape index (κ2) is 6.43. The standard InChI is InChI=1S/C11H12INO4/c1-7-4-5-8(12)6-9(7)17-10(13-16-3)11(14)15-2/h4-6H,1-3H3. The van der Waals surface area contributed by atoms with Crippen LogP contribution in [-0.2, 0) is 14.4 Å². The zero-order valence-electron chi connectivity index (χ0n) is 9.69. The highest BCUT2D eigenvalue weighted by Gasteiger charge is 2.17. The molecule has 0 saturated heterocycles. The molecule has 0 aliphatic heterocycles. The van der Waals surface area contributed by atoms with Crippen molar-refractivity contribution in [3.63, 3.8) is 0 Å². The van der Waals surface area contributed by atoms with E-state index in [1.165, 1.54) is 14.2 Å². The van der Waals surface area contributed by atoms with Gasteiger partial charge in [0.2, 0.25) is 0 Å². The molecule has 6 heteroatoms. The summed E-state index contributed by atoms with van der Waals surface area (Å²) in [5.74, 6) is -0.386. The van der Waals surface area contributed by atoms with Gasteiger partial charge < -0.3 is 14.3 Å². The number of hydrogen-bond acceptors (Lipinski definition) is 5. The van der Waals surface area contributed by atoms with E-state index >= 15 is 0 Å². The summed E-state index contributed by atoms with van der Waals surface area (Å²) in [4.78, 5) is 15.9. The van der Waals surface area contributed by atoms with E-state index in [1.807, 2.05) is 19.1 Å². The van der Waals surface area contributed by atoms with Crippen LogP contribution < -0.4 is 4.74 Å². The van der Waals surface area contributed by atoms with Crippen LogP contribution in [0.5, 0.6) is 5.75 Å². The van der Waals surface area contributed by atoms with E-state index in [0.29, 0.717) is 5.75 Å². The topological polar surface area (TPSA) is 57.1 Å². The average Bonchev–Trinajstić information content (AvgIpc) is 2.32. The highest BCUT2D eigenvalue weighted by atomic mass is 127. The van der Waals surface area contributed by atoms with E-state index in [2.05, 4.69) is 37.3 Å². The maximum absolute atomic E-state index is 11.3. The van der Waals surface area contributed by atoms with Crippen molar-refractivity contribution >= 4 is 34.5 Å². The number of aryl methyl sites for hydroxylation is 1. The summed E-state index contributed by atoms with van der Waals surface area (Å²) in [7, 11) is 2.58. The molecule has 92 valence electrons. The molecule has 17 heavy (non-hydrogen) atoms. The summed E-state index contributed by atoms with van der Waals surface area (Å²) < 4.78 is 10.9. The summed E-state index contributed by atoms with van der Waals surface area (Å²) in [6, 6.07) is 5.62. The SMILES string of the molecule is CON=C(Oc1cc(I)ccc1C)C(=O)OC. The molecule has 0 fully saturated rings. The number of hydrogen-bond donors (Lipinski definition) is 0. The molecule has 0 amide bonds. The predicted molar refractivity (Wildman–Crippen MR) is 71.0 cm³/mol. The lowest BCUT2D eigenvalue weighted by molar-refractivity contribution is -0.134. The molecule has 1 aromatic carbocycles. The van der Waals surface area contributed by atoms with E-state index in [1.54, 1.807) is 6.07 Å². The van der Waals surface area contributed by atoms with Gasteiger partial charge in [0.05, 0.1) is 7.11 Å². The maximum atomic E-state index is 11.3. The van der Waals surface area contributed by atoms with Crippen molar-refractivity contribution in [1.82, 2.24) is 0 Å². The first kappa shape index (κ1) is 13.8. The lowest BCUT2D eigenvalue weighted by Gasteiger charge is -2.09. The first-order valence-corrected chi connectivity index (χ1v) is 5.79. The number of rotatable bonds is 2. The minimum atomic E-state index is -0.690. The molecule has 5 nitrogen and oxygen atoms in total. The highest BCUT2D eigenvalue weighted by molar-refractivity contribution is 14.1. The molecule has 0 aromatic heterocycles. The number of esters is 1. The van der Waals surface area contributed by atoms with Crippen LogP contribution in [0.15, 0.2) is 23.4 Å². The van der Waals surface area contributed by atoms with Crippen LogP contribution >= 0.6 is 22.6 Å². The zero-order chi connectivity index (χ0) is 12.8. The molecule has 0 spiro atoms. The molecule has 1 rings (SSSR count). The molecular formula is C11H12INO4. The molecule has 1 aromatic rings. The Hall–Kier alpha value is -1.31. The Bertz CT molecular complexity index is 445. The van der Waals surface area contributed by atoms with Crippen LogP contribution in [-0.4, -0.2) is 26.1 Å². The van der Waals surface area contributed by atoms with E-state index in [4.69, 9.17) is 4.74 Å². The largest absolute Gasteiger partial charge is 0.462 e. The van der Waals surface area contributed by atoms with Gasteiger partial charge in [-0.1, -0.05) is 6.07 Å². The molecule has 0 radical (unpaired) electrons. The van der Waals surface area contributed by atoms with Crippen LogP contribution in [0.25, 0.3) is 0 Å². The lowest BCUT2D eigenvalue weighted by Crippen LogP contribution is -2.22. The van der Waals surface area contributed by atoms with Gasteiger partial charge in [0.1, 0.15) is 12.9 Å².